The Morgan fingerprint density at radius 1 is 1.53 bits per heavy atom. The number of Topliss-reactive ketones (excluding diaryl/α,β-unsaturated/α-hetero) is 1. The zero-order chi connectivity index (χ0) is 11.8. The minimum absolute atomic E-state index is 0.232. The zero-order valence-corrected chi connectivity index (χ0v) is 8.24. The van der Waals surface area contributed by atoms with Crippen LogP contribution in [0.4, 0.5) is 18.9 Å². The molecule has 0 saturated heterocycles. The highest BCUT2D eigenvalue weighted by molar-refractivity contribution is 7.18. The van der Waals surface area contributed by atoms with E-state index in [1.807, 2.05) is 0 Å². The second-order valence-electron chi connectivity index (χ2n) is 2.35. The Morgan fingerprint density at radius 2 is 2.07 bits per heavy atom. The van der Waals surface area contributed by atoms with Crippen LogP contribution in [0.15, 0.2) is 6.07 Å². The summed E-state index contributed by atoms with van der Waals surface area (Å²) in [5.41, 5.74) is -0.700. The number of rotatable bonds is 2. The van der Waals surface area contributed by atoms with E-state index in [-0.39, 0.29) is 11.3 Å². The van der Waals surface area contributed by atoms with Crippen LogP contribution >= 0.6 is 22.9 Å². The lowest BCUT2D eigenvalue weighted by atomic mass is 10.3. The third-order valence-electron chi connectivity index (χ3n) is 1.35. The van der Waals surface area contributed by atoms with E-state index in [1.165, 1.54) is 0 Å². The summed E-state index contributed by atoms with van der Waals surface area (Å²) in [6.07, 6.45) is -5.05. The van der Waals surface area contributed by atoms with Crippen LogP contribution in [0.1, 0.15) is 9.67 Å². The SMILES string of the molecule is O=C(c1cc([N+](=O)[O-])c(Cl)s1)C(F)(F)F. The predicted octanol–water partition coefficient (Wildman–Crippen LogP) is 3.05. The van der Waals surface area contributed by atoms with Crippen molar-refractivity contribution < 1.29 is 22.9 Å². The van der Waals surface area contributed by atoms with Crippen LogP contribution in [0.2, 0.25) is 4.34 Å². The molecule has 0 aromatic carbocycles. The van der Waals surface area contributed by atoms with Crippen molar-refractivity contribution >= 4 is 34.4 Å². The first kappa shape index (κ1) is 11.9. The van der Waals surface area contributed by atoms with Gasteiger partial charge >= 0.3 is 6.18 Å². The summed E-state index contributed by atoms with van der Waals surface area (Å²) in [6, 6.07) is 0.517. The molecule has 0 fully saturated rings. The molecule has 15 heavy (non-hydrogen) atoms. The topological polar surface area (TPSA) is 60.2 Å². The van der Waals surface area contributed by atoms with Crippen LogP contribution in [0.5, 0.6) is 0 Å². The van der Waals surface area contributed by atoms with Gasteiger partial charge < -0.3 is 0 Å². The average molecular weight is 260 g/mol. The monoisotopic (exact) mass is 259 g/mol. The van der Waals surface area contributed by atoms with Gasteiger partial charge in [-0.15, -0.1) is 11.3 Å². The Labute approximate surface area is 89.4 Å². The molecule has 82 valence electrons. The summed E-state index contributed by atoms with van der Waals surface area (Å²) < 4.78 is 35.3. The van der Waals surface area contributed by atoms with Crippen molar-refractivity contribution in [2.45, 2.75) is 6.18 Å². The van der Waals surface area contributed by atoms with Crippen LogP contribution in [0.25, 0.3) is 0 Å². The van der Waals surface area contributed by atoms with Gasteiger partial charge in [-0.2, -0.15) is 13.2 Å². The summed E-state index contributed by atoms with van der Waals surface area (Å²) in [4.78, 5) is 19.2. The first-order chi connectivity index (χ1) is 6.73. The highest BCUT2D eigenvalue weighted by Gasteiger charge is 2.41. The van der Waals surface area contributed by atoms with Gasteiger partial charge in [0, 0.05) is 6.07 Å². The van der Waals surface area contributed by atoms with E-state index in [1.54, 1.807) is 0 Å². The van der Waals surface area contributed by atoms with Gasteiger partial charge in [0.25, 0.3) is 11.5 Å². The first-order valence-electron chi connectivity index (χ1n) is 3.28. The Morgan fingerprint density at radius 3 is 2.40 bits per heavy atom. The van der Waals surface area contributed by atoms with Crippen molar-refractivity contribution in [3.8, 4) is 0 Å². The second-order valence-corrected chi connectivity index (χ2v) is 4.01. The number of halogens is 4. The summed E-state index contributed by atoms with van der Waals surface area (Å²) >= 11 is 5.52. The Balaban J connectivity index is 3.14. The largest absolute Gasteiger partial charge is 0.455 e. The number of hydrogen-bond donors (Lipinski definition) is 0. The Bertz CT molecular complexity index is 428. The number of nitro groups is 1. The number of thiophene rings is 1. The molecular weight excluding hydrogens is 259 g/mol. The van der Waals surface area contributed by atoms with E-state index in [0.29, 0.717) is 6.07 Å². The van der Waals surface area contributed by atoms with Gasteiger partial charge in [-0.05, 0) is 0 Å². The lowest BCUT2D eigenvalue weighted by molar-refractivity contribution is -0.384. The molecule has 0 saturated carbocycles. The number of hydrogen-bond acceptors (Lipinski definition) is 4. The van der Waals surface area contributed by atoms with Gasteiger partial charge in [0.05, 0.1) is 9.80 Å². The summed E-state index contributed by atoms with van der Waals surface area (Å²) in [5, 5.41) is 10.2. The van der Waals surface area contributed by atoms with Crippen LogP contribution in [-0.2, 0) is 0 Å². The molecule has 0 unspecified atom stereocenters. The minimum Gasteiger partial charge on any atom is -0.283 e. The third kappa shape index (κ3) is 2.45. The molecule has 0 spiro atoms. The summed E-state index contributed by atoms with van der Waals surface area (Å²) in [7, 11) is 0. The van der Waals surface area contributed by atoms with Gasteiger partial charge in [-0.3, -0.25) is 14.9 Å². The van der Waals surface area contributed by atoms with Gasteiger partial charge in [0.15, 0.2) is 4.34 Å². The Hall–Kier alpha value is -1.15. The normalized spacial score (nSPS) is 11.5. The fourth-order valence-corrected chi connectivity index (χ4v) is 1.92. The molecule has 1 heterocycles. The number of carbonyl (C=O) groups excluding carboxylic acids is 1. The highest BCUT2D eigenvalue weighted by atomic mass is 35.5. The van der Waals surface area contributed by atoms with E-state index >= 15 is 0 Å². The van der Waals surface area contributed by atoms with Gasteiger partial charge in [-0.1, -0.05) is 11.6 Å². The molecule has 0 aliphatic rings. The van der Waals surface area contributed by atoms with Crippen LogP contribution < -0.4 is 0 Å². The standard InChI is InChI=1S/C6HClF3NO3S/c7-5-2(11(13)14)1-3(15-5)4(12)6(8,9)10/h1H. The number of nitrogens with zero attached hydrogens (tertiary/aromatic N) is 1. The molecule has 0 N–H and O–H groups in total. The van der Waals surface area contributed by atoms with Gasteiger partial charge in [0.2, 0.25) is 0 Å². The smallest absolute Gasteiger partial charge is 0.283 e. The van der Waals surface area contributed by atoms with Crippen molar-refractivity contribution in [3.63, 3.8) is 0 Å². The molecule has 1 aromatic heterocycles. The maximum atomic E-state index is 11.9. The lowest BCUT2D eigenvalue weighted by Crippen LogP contribution is -2.21. The van der Waals surface area contributed by atoms with Crippen molar-refractivity contribution in [2.24, 2.45) is 0 Å². The van der Waals surface area contributed by atoms with Crippen LogP contribution in [-0.4, -0.2) is 16.9 Å². The fourth-order valence-electron chi connectivity index (χ4n) is 0.735. The fraction of sp³-hybridized carbons (Fsp3) is 0.167. The van der Waals surface area contributed by atoms with Crippen molar-refractivity contribution in [3.05, 3.63) is 25.4 Å². The lowest BCUT2D eigenvalue weighted by Gasteiger charge is -2.00. The van der Waals surface area contributed by atoms with E-state index in [9.17, 15) is 28.1 Å². The molecule has 4 nitrogen and oxygen atoms in total. The van der Waals surface area contributed by atoms with Crippen molar-refractivity contribution in [1.82, 2.24) is 0 Å². The van der Waals surface area contributed by atoms with E-state index in [4.69, 9.17) is 11.6 Å². The summed E-state index contributed by atoms with van der Waals surface area (Å²) in [5.74, 6) is -2.14. The second kappa shape index (κ2) is 3.78. The maximum absolute atomic E-state index is 11.9. The molecule has 1 aromatic rings. The average Bonchev–Trinajstić information content (AvgIpc) is 2.44. The van der Waals surface area contributed by atoms with E-state index < -0.39 is 31.8 Å². The zero-order valence-electron chi connectivity index (χ0n) is 6.67. The molecule has 0 aliphatic heterocycles. The molecule has 0 amide bonds. The van der Waals surface area contributed by atoms with Crippen LogP contribution in [0, 0.1) is 10.1 Å². The maximum Gasteiger partial charge on any atom is 0.455 e. The first-order valence-corrected chi connectivity index (χ1v) is 4.48. The van der Waals surface area contributed by atoms with Crippen LogP contribution in [0.3, 0.4) is 0 Å². The Kier molecular flexibility index (Phi) is 3.00. The van der Waals surface area contributed by atoms with E-state index in [2.05, 4.69) is 0 Å². The molecule has 0 radical (unpaired) electrons. The number of alkyl halides is 3. The number of ketones is 1. The molecule has 1 rings (SSSR count). The number of carbonyl (C=O) groups is 1. The van der Waals surface area contributed by atoms with Crippen molar-refractivity contribution in [1.29, 1.82) is 0 Å². The minimum atomic E-state index is -5.05. The molecule has 0 bridgehead atoms. The van der Waals surface area contributed by atoms with Crippen molar-refractivity contribution in [2.75, 3.05) is 0 Å². The van der Waals surface area contributed by atoms with Gasteiger partial charge in [0.1, 0.15) is 0 Å². The third-order valence-corrected chi connectivity index (χ3v) is 2.68. The molecule has 0 aliphatic carbocycles. The van der Waals surface area contributed by atoms with E-state index in [0.717, 1.165) is 0 Å². The molecular formula is C6HClF3NO3S. The molecule has 0 atom stereocenters. The predicted molar refractivity (Wildman–Crippen MR) is 46.4 cm³/mol. The summed E-state index contributed by atoms with van der Waals surface area (Å²) in [6.45, 7) is 0. The van der Waals surface area contributed by atoms with Gasteiger partial charge in [-0.25, -0.2) is 0 Å². The highest BCUT2D eigenvalue weighted by Crippen LogP contribution is 2.36. The molecule has 9 heteroatoms. The quantitative estimate of drug-likeness (QED) is 0.466.